The quantitative estimate of drug-likeness (QED) is 0.690. The minimum absolute atomic E-state index is 0.0419. The molecule has 22 heavy (non-hydrogen) atoms. The molecule has 0 aliphatic heterocycles. The first kappa shape index (κ1) is 16.8. The van der Waals surface area contributed by atoms with Crippen LogP contribution in [0.4, 0.5) is 11.4 Å². The molecule has 2 aromatic rings. The van der Waals surface area contributed by atoms with Gasteiger partial charge in [-0.15, -0.1) is 11.6 Å². The van der Waals surface area contributed by atoms with Crippen molar-refractivity contribution in [1.82, 2.24) is 0 Å². The fraction of sp³-hybridized carbons (Fsp3) is 0.294. The molecular formula is C17H19ClNO2S. The highest BCUT2D eigenvalue weighted by Gasteiger charge is 2.13. The second kappa shape index (κ2) is 8.20. The number of hydrogen-bond donors (Lipinski definition) is 0. The first-order valence-corrected chi connectivity index (χ1v) is 9.53. The molecule has 1 radical (unpaired) electrons. The minimum Gasteiger partial charge on any atom is -0.341 e. The number of alkyl halides is 1. The number of halogens is 1. The third-order valence-corrected chi connectivity index (χ3v) is 5.46. The maximum absolute atomic E-state index is 11.8. The van der Waals surface area contributed by atoms with Crippen LogP contribution in [0.3, 0.4) is 0 Å². The van der Waals surface area contributed by atoms with Gasteiger partial charge >= 0.3 is 0 Å². The van der Waals surface area contributed by atoms with Gasteiger partial charge in [0.2, 0.25) is 0 Å². The minimum atomic E-state index is -3.06. The number of sulfone groups is 1. The van der Waals surface area contributed by atoms with Crippen molar-refractivity contribution in [3.63, 3.8) is 0 Å². The van der Waals surface area contributed by atoms with Gasteiger partial charge in [-0.3, -0.25) is 0 Å². The lowest BCUT2D eigenvalue weighted by Gasteiger charge is -2.25. The summed E-state index contributed by atoms with van der Waals surface area (Å²) in [5.41, 5.74) is 2.07. The van der Waals surface area contributed by atoms with Crippen LogP contribution in [0.5, 0.6) is 0 Å². The summed E-state index contributed by atoms with van der Waals surface area (Å²) in [6.45, 7) is 0.634. The Kier molecular flexibility index (Phi) is 6.28. The Balaban J connectivity index is 2.10. The van der Waals surface area contributed by atoms with Crippen molar-refractivity contribution in [2.24, 2.45) is 0 Å². The van der Waals surface area contributed by atoms with E-state index in [1.54, 1.807) is 0 Å². The molecule has 0 unspecified atom stereocenters. The van der Waals surface area contributed by atoms with Gasteiger partial charge < -0.3 is 4.90 Å². The van der Waals surface area contributed by atoms with Crippen molar-refractivity contribution in [2.45, 2.75) is 6.42 Å². The lowest BCUT2D eigenvalue weighted by Crippen LogP contribution is -2.22. The fourth-order valence-corrected chi connectivity index (χ4v) is 3.95. The maximum atomic E-state index is 11.8. The molecule has 2 aromatic carbocycles. The van der Waals surface area contributed by atoms with E-state index in [1.165, 1.54) is 0 Å². The maximum Gasteiger partial charge on any atom is 0.151 e. The molecule has 0 heterocycles. The van der Waals surface area contributed by atoms with Crippen LogP contribution in [0.25, 0.3) is 0 Å². The van der Waals surface area contributed by atoms with Crippen LogP contribution in [0.2, 0.25) is 0 Å². The van der Waals surface area contributed by atoms with Gasteiger partial charge in [0.05, 0.1) is 11.5 Å². The van der Waals surface area contributed by atoms with Gasteiger partial charge in [-0.2, -0.15) is 0 Å². The second-order valence-electron chi connectivity index (χ2n) is 4.94. The molecule has 0 aliphatic rings. The molecule has 0 aliphatic carbocycles. The lowest BCUT2D eigenvalue weighted by molar-refractivity contribution is 0.595. The summed E-state index contributed by atoms with van der Waals surface area (Å²) >= 11 is 5.53. The van der Waals surface area contributed by atoms with Crippen LogP contribution in [-0.2, 0) is 9.84 Å². The largest absolute Gasteiger partial charge is 0.341 e. The summed E-state index contributed by atoms with van der Waals surface area (Å²) in [6.07, 6.45) is 0.562. The Bertz CT molecular complexity index is 620. The summed E-state index contributed by atoms with van der Waals surface area (Å²) in [6, 6.07) is 20.6. The molecule has 0 saturated carbocycles. The monoisotopic (exact) mass is 336 g/mol. The number of rotatable bonds is 8. The average molecular weight is 337 g/mol. The van der Waals surface area contributed by atoms with Crippen molar-refractivity contribution in [3.05, 3.63) is 60.7 Å². The molecule has 0 aromatic heterocycles. The Hall–Kier alpha value is -1.52. The summed E-state index contributed by atoms with van der Waals surface area (Å²) in [5, 5.41) is 0. The predicted molar refractivity (Wildman–Crippen MR) is 92.7 cm³/mol. The van der Waals surface area contributed by atoms with Crippen molar-refractivity contribution in [2.75, 3.05) is 28.8 Å². The van der Waals surface area contributed by atoms with E-state index in [-0.39, 0.29) is 17.4 Å². The molecule has 0 fully saturated rings. The number of para-hydroxylation sites is 1. The SMILES string of the molecule is O=S(=O)(CCCl)CCCN(c1cc[c]cc1)c1ccccc1. The Labute approximate surface area is 137 Å². The zero-order valence-electron chi connectivity index (χ0n) is 12.3. The van der Waals surface area contributed by atoms with Crippen LogP contribution < -0.4 is 4.90 Å². The number of anilines is 2. The third-order valence-electron chi connectivity index (χ3n) is 3.31. The van der Waals surface area contributed by atoms with Crippen molar-refractivity contribution in [3.8, 4) is 0 Å². The van der Waals surface area contributed by atoms with Gasteiger partial charge in [0.25, 0.3) is 0 Å². The molecule has 2 rings (SSSR count). The van der Waals surface area contributed by atoms with E-state index in [4.69, 9.17) is 11.6 Å². The van der Waals surface area contributed by atoms with Crippen LogP contribution in [0.1, 0.15) is 6.42 Å². The molecule has 0 N–H and O–H groups in total. The molecule has 3 nitrogen and oxygen atoms in total. The van der Waals surface area contributed by atoms with Crippen molar-refractivity contribution >= 4 is 32.8 Å². The van der Waals surface area contributed by atoms with E-state index < -0.39 is 9.84 Å². The molecule has 0 spiro atoms. The standard InChI is InChI=1S/C17H19ClNO2S/c18-12-15-22(20,21)14-7-13-19(16-8-3-1-4-9-16)17-10-5-2-6-11-17/h1,3-6,8-11H,7,12-15H2. The van der Waals surface area contributed by atoms with E-state index in [2.05, 4.69) is 11.0 Å². The highest BCUT2D eigenvalue weighted by molar-refractivity contribution is 7.91. The van der Waals surface area contributed by atoms with Crippen LogP contribution in [0, 0.1) is 6.07 Å². The van der Waals surface area contributed by atoms with Crippen LogP contribution >= 0.6 is 11.6 Å². The third kappa shape index (κ3) is 5.04. The molecule has 0 atom stereocenters. The first-order chi connectivity index (χ1) is 10.6. The van der Waals surface area contributed by atoms with E-state index in [0.717, 1.165) is 11.4 Å². The van der Waals surface area contributed by atoms with Gasteiger partial charge in [0.1, 0.15) is 0 Å². The Morgan fingerprint density at radius 2 is 1.59 bits per heavy atom. The van der Waals surface area contributed by atoms with Gasteiger partial charge in [0, 0.05) is 23.8 Å². The van der Waals surface area contributed by atoms with Crippen LogP contribution in [-0.4, -0.2) is 32.3 Å². The fourth-order valence-electron chi connectivity index (χ4n) is 2.24. The summed E-state index contributed by atoms with van der Waals surface area (Å²) in [4.78, 5) is 2.12. The highest BCUT2D eigenvalue weighted by Crippen LogP contribution is 2.24. The lowest BCUT2D eigenvalue weighted by atomic mass is 10.2. The smallest absolute Gasteiger partial charge is 0.151 e. The normalized spacial score (nSPS) is 11.3. The van der Waals surface area contributed by atoms with E-state index in [0.29, 0.717) is 13.0 Å². The van der Waals surface area contributed by atoms with Gasteiger partial charge in [0.15, 0.2) is 9.84 Å². The molecule has 0 bridgehead atoms. The summed E-state index contributed by atoms with van der Waals surface area (Å²) in [5.74, 6) is 0.349. The van der Waals surface area contributed by atoms with Gasteiger partial charge in [-0.25, -0.2) is 8.42 Å². The molecule has 117 valence electrons. The van der Waals surface area contributed by atoms with E-state index in [1.807, 2.05) is 54.6 Å². The Morgan fingerprint density at radius 1 is 0.955 bits per heavy atom. The zero-order chi connectivity index (χ0) is 15.8. The number of benzene rings is 2. The van der Waals surface area contributed by atoms with Gasteiger partial charge in [-0.05, 0) is 36.8 Å². The summed E-state index contributed by atoms with van der Waals surface area (Å²) in [7, 11) is -3.06. The zero-order valence-corrected chi connectivity index (χ0v) is 13.9. The molecule has 5 heteroatoms. The van der Waals surface area contributed by atoms with E-state index in [9.17, 15) is 8.42 Å². The molecular weight excluding hydrogens is 318 g/mol. The topological polar surface area (TPSA) is 37.4 Å². The summed E-state index contributed by atoms with van der Waals surface area (Å²) < 4.78 is 23.6. The number of nitrogens with zero attached hydrogens (tertiary/aromatic N) is 1. The number of hydrogen-bond acceptors (Lipinski definition) is 3. The highest BCUT2D eigenvalue weighted by atomic mass is 35.5. The average Bonchev–Trinajstić information content (AvgIpc) is 2.53. The van der Waals surface area contributed by atoms with Crippen molar-refractivity contribution < 1.29 is 8.42 Å². The van der Waals surface area contributed by atoms with E-state index >= 15 is 0 Å². The van der Waals surface area contributed by atoms with Crippen LogP contribution in [0.15, 0.2) is 54.6 Å². The van der Waals surface area contributed by atoms with Gasteiger partial charge in [-0.1, -0.05) is 30.3 Å². The molecule has 0 saturated heterocycles. The van der Waals surface area contributed by atoms with Crippen molar-refractivity contribution in [1.29, 1.82) is 0 Å². The predicted octanol–water partition coefficient (Wildman–Crippen LogP) is 3.67. The first-order valence-electron chi connectivity index (χ1n) is 7.17. The Morgan fingerprint density at radius 3 is 2.23 bits per heavy atom. The second-order valence-corrected chi connectivity index (χ2v) is 7.62. The molecule has 0 amide bonds.